The molecule has 0 bridgehead atoms. The van der Waals surface area contributed by atoms with E-state index in [1.807, 2.05) is 0 Å². The standard InChI is InChI=1S/C10H12F3N3O5S/c1-4-7(8(14)15-21-4)22(19,20)16-2-5(9(17)18)6(3-16)10(11,12)13/h5-6H,2-3H2,1H3,(H2,14,15)(H,17,18)/t5-,6-/m1/s1. The highest BCUT2D eigenvalue weighted by Gasteiger charge is 2.55. The maximum Gasteiger partial charge on any atom is 0.393 e. The maximum atomic E-state index is 12.9. The smallest absolute Gasteiger partial charge is 0.393 e. The molecule has 124 valence electrons. The Morgan fingerprint density at radius 3 is 2.41 bits per heavy atom. The van der Waals surface area contributed by atoms with Gasteiger partial charge in [-0.3, -0.25) is 4.79 Å². The van der Waals surface area contributed by atoms with Gasteiger partial charge in [0.15, 0.2) is 16.5 Å². The third-order valence-corrected chi connectivity index (χ3v) is 5.45. The lowest BCUT2D eigenvalue weighted by Gasteiger charge is -2.18. The van der Waals surface area contributed by atoms with Gasteiger partial charge in [0.1, 0.15) is 0 Å². The van der Waals surface area contributed by atoms with E-state index >= 15 is 0 Å². The highest BCUT2D eigenvalue weighted by molar-refractivity contribution is 7.89. The van der Waals surface area contributed by atoms with Gasteiger partial charge in [-0.2, -0.15) is 17.5 Å². The van der Waals surface area contributed by atoms with Crippen LogP contribution in [0.15, 0.2) is 9.42 Å². The Morgan fingerprint density at radius 2 is 2.05 bits per heavy atom. The van der Waals surface area contributed by atoms with Gasteiger partial charge in [0.05, 0.1) is 11.8 Å². The summed E-state index contributed by atoms with van der Waals surface area (Å²) in [5.41, 5.74) is 5.36. The number of sulfonamides is 1. The number of aromatic nitrogens is 1. The summed E-state index contributed by atoms with van der Waals surface area (Å²) in [6.45, 7) is -0.555. The molecular weight excluding hydrogens is 331 g/mol. The Labute approximate surface area is 122 Å². The number of anilines is 1. The monoisotopic (exact) mass is 343 g/mol. The predicted molar refractivity (Wildman–Crippen MR) is 65.1 cm³/mol. The third kappa shape index (κ3) is 2.63. The van der Waals surface area contributed by atoms with Gasteiger partial charge in [0.2, 0.25) is 10.0 Å². The second kappa shape index (κ2) is 5.12. The van der Waals surface area contributed by atoms with Gasteiger partial charge < -0.3 is 15.4 Å². The van der Waals surface area contributed by atoms with Crippen LogP contribution in [-0.2, 0) is 14.8 Å². The Morgan fingerprint density at radius 1 is 1.45 bits per heavy atom. The number of nitrogens with two attached hydrogens (primary N) is 1. The average molecular weight is 343 g/mol. The minimum atomic E-state index is -4.83. The first kappa shape index (κ1) is 16.5. The van der Waals surface area contributed by atoms with E-state index in [1.165, 1.54) is 6.92 Å². The van der Waals surface area contributed by atoms with Gasteiger partial charge >= 0.3 is 12.1 Å². The zero-order chi connectivity index (χ0) is 16.9. The predicted octanol–water partition coefficient (Wildman–Crippen LogP) is 0.449. The van der Waals surface area contributed by atoms with Crippen molar-refractivity contribution < 1.29 is 36.0 Å². The molecule has 2 rings (SSSR count). The quantitative estimate of drug-likeness (QED) is 0.815. The summed E-state index contributed by atoms with van der Waals surface area (Å²) in [6, 6.07) is 0. The third-order valence-electron chi connectivity index (χ3n) is 3.46. The number of nitrogens with zero attached hydrogens (tertiary/aromatic N) is 2. The number of carboxylic acids is 1. The maximum absolute atomic E-state index is 12.9. The molecule has 12 heteroatoms. The molecule has 3 N–H and O–H groups in total. The van der Waals surface area contributed by atoms with Crippen molar-refractivity contribution >= 4 is 21.8 Å². The van der Waals surface area contributed by atoms with Crippen molar-refractivity contribution in [1.82, 2.24) is 9.46 Å². The van der Waals surface area contributed by atoms with Gasteiger partial charge in [0, 0.05) is 13.1 Å². The van der Waals surface area contributed by atoms with E-state index < -0.39 is 57.8 Å². The lowest BCUT2D eigenvalue weighted by Crippen LogP contribution is -2.34. The van der Waals surface area contributed by atoms with Crippen LogP contribution < -0.4 is 5.73 Å². The fraction of sp³-hybridized carbons (Fsp3) is 0.600. The molecule has 0 radical (unpaired) electrons. The van der Waals surface area contributed by atoms with E-state index in [9.17, 15) is 26.4 Å². The molecule has 1 aliphatic rings. The van der Waals surface area contributed by atoms with E-state index in [2.05, 4.69) is 9.68 Å². The lowest BCUT2D eigenvalue weighted by atomic mass is 9.96. The minimum Gasteiger partial charge on any atom is -0.481 e. The summed E-state index contributed by atoms with van der Waals surface area (Å²) in [7, 11) is -4.43. The molecule has 1 aliphatic heterocycles. The molecule has 1 aromatic rings. The Bertz CT molecular complexity index is 680. The molecule has 0 amide bonds. The highest BCUT2D eigenvalue weighted by atomic mass is 32.2. The molecule has 0 saturated carbocycles. The van der Waals surface area contributed by atoms with Gasteiger partial charge in [-0.1, -0.05) is 5.16 Å². The first-order valence-electron chi connectivity index (χ1n) is 5.97. The molecule has 2 atom stereocenters. The molecule has 0 aliphatic carbocycles. The summed E-state index contributed by atoms with van der Waals surface area (Å²) in [6.07, 6.45) is -4.83. The number of carbonyl (C=O) groups is 1. The van der Waals surface area contributed by atoms with Crippen LogP contribution in [0.2, 0.25) is 0 Å². The highest BCUT2D eigenvalue weighted by Crippen LogP contribution is 2.40. The van der Waals surface area contributed by atoms with Crippen molar-refractivity contribution in [3.05, 3.63) is 5.76 Å². The number of carboxylic acid groups (broad SMARTS) is 1. The molecule has 22 heavy (non-hydrogen) atoms. The number of halogens is 3. The first-order chi connectivity index (χ1) is 9.96. The molecule has 8 nitrogen and oxygen atoms in total. The minimum absolute atomic E-state index is 0.181. The van der Waals surface area contributed by atoms with Crippen LogP contribution in [0.5, 0.6) is 0 Å². The van der Waals surface area contributed by atoms with Gasteiger partial charge in [0.25, 0.3) is 0 Å². The van der Waals surface area contributed by atoms with E-state index in [1.54, 1.807) is 0 Å². The molecule has 0 spiro atoms. The molecule has 2 heterocycles. The Balaban J connectivity index is 2.41. The Kier molecular flexibility index (Phi) is 3.85. The molecule has 0 aromatic carbocycles. The summed E-state index contributed by atoms with van der Waals surface area (Å²) in [5.74, 6) is -6.55. The van der Waals surface area contributed by atoms with Crippen molar-refractivity contribution in [2.75, 3.05) is 18.8 Å². The fourth-order valence-electron chi connectivity index (χ4n) is 2.37. The zero-order valence-corrected chi connectivity index (χ0v) is 12.0. The average Bonchev–Trinajstić information content (AvgIpc) is 2.93. The van der Waals surface area contributed by atoms with Crippen LogP contribution in [0.3, 0.4) is 0 Å². The van der Waals surface area contributed by atoms with E-state index in [0.717, 1.165) is 0 Å². The summed E-state index contributed by atoms with van der Waals surface area (Å²) < 4.78 is 68.4. The summed E-state index contributed by atoms with van der Waals surface area (Å²) in [5, 5.41) is 12.1. The van der Waals surface area contributed by atoms with Crippen LogP contribution >= 0.6 is 0 Å². The van der Waals surface area contributed by atoms with Gasteiger partial charge in [-0.25, -0.2) is 8.42 Å². The SMILES string of the molecule is Cc1onc(N)c1S(=O)(=O)N1C[C@@H](C(F)(F)F)[C@H](C(=O)O)C1. The van der Waals surface area contributed by atoms with Crippen molar-refractivity contribution in [2.45, 2.75) is 18.0 Å². The molecule has 1 aromatic heterocycles. The van der Waals surface area contributed by atoms with Gasteiger partial charge in [-0.05, 0) is 6.92 Å². The first-order valence-corrected chi connectivity index (χ1v) is 7.41. The van der Waals surface area contributed by atoms with E-state index in [0.29, 0.717) is 4.31 Å². The van der Waals surface area contributed by atoms with Crippen LogP contribution in [0.1, 0.15) is 5.76 Å². The fourth-order valence-corrected chi connectivity index (χ4v) is 4.04. The normalized spacial score (nSPS) is 23.8. The summed E-state index contributed by atoms with van der Waals surface area (Å²) >= 11 is 0. The number of hydrogen-bond donors (Lipinski definition) is 2. The largest absolute Gasteiger partial charge is 0.481 e. The Hall–Kier alpha value is -1.82. The number of aryl methyl sites for hydroxylation is 1. The second-order valence-corrected chi connectivity index (χ2v) is 6.74. The van der Waals surface area contributed by atoms with Crippen LogP contribution in [0, 0.1) is 18.8 Å². The number of hydrogen-bond acceptors (Lipinski definition) is 6. The van der Waals surface area contributed by atoms with E-state index in [4.69, 9.17) is 10.8 Å². The number of rotatable bonds is 3. The second-order valence-electron chi connectivity index (χ2n) is 4.87. The molecular formula is C10H12F3N3O5S. The molecule has 1 saturated heterocycles. The van der Waals surface area contributed by atoms with Crippen LogP contribution in [0.4, 0.5) is 19.0 Å². The van der Waals surface area contributed by atoms with Crippen LogP contribution in [-0.4, -0.2) is 48.2 Å². The molecule has 1 fully saturated rings. The summed E-state index contributed by atoms with van der Waals surface area (Å²) in [4.78, 5) is 10.4. The van der Waals surface area contributed by atoms with Crippen molar-refractivity contribution in [3.63, 3.8) is 0 Å². The zero-order valence-electron chi connectivity index (χ0n) is 11.2. The number of alkyl halides is 3. The lowest BCUT2D eigenvalue weighted by molar-refractivity contribution is -0.187. The van der Waals surface area contributed by atoms with Crippen molar-refractivity contribution in [2.24, 2.45) is 11.8 Å². The van der Waals surface area contributed by atoms with Gasteiger partial charge in [-0.15, -0.1) is 0 Å². The van der Waals surface area contributed by atoms with E-state index in [-0.39, 0.29) is 5.76 Å². The number of nitrogen functional groups attached to an aromatic ring is 1. The molecule has 0 unspecified atom stereocenters. The van der Waals surface area contributed by atoms with Crippen LogP contribution in [0.25, 0.3) is 0 Å². The van der Waals surface area contributed by atoms with Crippen molar-refractivity contribution in [3.8, 4) is 0 Å². The number of aliphatic carboxylic acids is 1. The topological polar surface area (TPSA) is 127 Å². The van der Waals surface area contributed by atoms with Crippen molar-refractivity contribution in [1.29, 1.82) is 0 Å².